The zero-order chi connectivity index (χ0) is 31.5. The minimum atomic E-state index is -3.02. The Balaban J connectivity index is 1.31. The average Bonchev–Trinajstić information content (AvgIpc) is 3.57. The number of aliphatic carboxylic acids is 1. The molecule has 3 fully saturated rings. The van der Waals surface area contributed by atoms with Crippen LogP contribution in [0.4, 0.5) is 19.7 Å². The van der Waals surface area contributed by atoms with Gasteiger partial charge in [0.2, 0.25) is 11.8 Å². The van der Waals surface area contributed by atoms with Crippen molar-refractivity contribution in [2.45, 2.75) is 64.0 Å². The first kappa shape index (κ1) is 31.0. The SMILES string of the molecule is O=C(O)CC(CC1CCOCC1)C(=O)N(c1nc(-c2cc(OC(F)F)ccc2-c2ccc(N3CCCC3=O)nc2)cs1)C1CC1. The van der Waals surface area contributed by atoms with E-state index >= 15 is 0 Å². The molecule has 2 saturated heterocycles. The maximum Gasteiger partial charge on any atom is 0.387 e. The average molecular weight is 641 g/mol. The number of carboxylic acids is 1. The summed E-state index contributed by atoms with van der Waals surface area (Å²) in [5.74, 6) is -1.23. The van der Waals surface area contributed by atoms with Crippen molar-refractivity contribution in [1.82, 2.24) is 9.97 Å². The highest BCUT2D eigenvalue weighted by atomic mass is 32.1. The minimum Gasteiger partial charge on any atom is -0.481 e. The van der Waals surface area contributed by atoms with Gasteiger partial charge in [0.15, 0.2) is 5.13 Å². The number of hydrogen-bond acceptors (Lipinski definition) is 8. The summed E-state index contributed by atoms with van der Waals surface area (Å²) in [6.45, 7) is -1.20. The molecule has 1 aromatic carbocycles. The highest BCUT2D eigenvalue weighted by molar-refractivity contribution is 7.14. The number of amides is 2. The van der Waals surface area contributed by atoms with Crippen LogP contribution >= 0.6 is 11.3 Å². The number of pyridine rings is 1. The third-order valence-corrected chi connectivity index (χ3v) is 9.32. The third kappa shape index (κ3) is 7.30. The van der Waals surface area contributed by atoms with E-state index in [1.807, 2.05) is 6.07 Å². The summed E-state index contributed by atoms with van der Waals surface area (Å²) in [5, 5.41) is 11.8. The normalized spacial score (nSPS) is 17.9. The number of alkyl halides is 2. The Kier molecular flexibility index (Phi) is 9.36. The fourth-order valence-corrected chi connectivity index (χ4v) is 6.98. The molecule has 1 saturated carbocycles. The van der Waals surface area contributed by atoms with Crippen molar-refractivity contribution < 1.29 is 37.7 Å². The first-order valence-electron chi connectivity index (χ1n) is 15.2. The second-order valence-corrected chi connectivity index (χ2v) is 12.5. The molecule has 2 aliphatic heterocycles. The molecule has 1 aliphatic carbocycles. The van der Waals surface area contributed by atoms with Crippen molar-refractivity contribution in [2.24, 2.45) is 11.8 Å². The van der Waals surface area contributed by atoms with Gasteiger partial charge in [0.1, 0.15) is 11.6 Å². The number of thiazole rings is 1. The van der Waals surface area contributed by atoms with Crippen molar-refractivity contribution in [3.05, 3.63) is 41.9 Å². The van der Waals surface area contributed by atoms with Gasteiger partial charge in [0.05, 0.1) is 12.1 Å². The molecular weight excluding hydrogens is 606 g/mol. The lowest BCUT2D eigenvalue weighted by atomic mass is 9.86. The van der Waals surface area contributed by atoms with Crippen molar-refractivity contribution in [3.63, 3.8) is 0 Å². The summed E-state index contributed by atoms with van der Waals surface area (Å²) in [4.78, 5) is 50.5. The van der Waals surface area contributed by atoms with Crippen LogP contribution in [0, 0.1) is 11.8 Å². The highest BCUT2D eigenvalue weighted by Gasteiger charge is 2.40. The Morgan fingerprint density at radius 3 is 2.58 bits per heavy atom. The van der Waals surface area contributed by atoms with E-state index in [-0.39, 0.29) is 35.9 Å². The number of nitrogens with zero attached hydrogens (tertiary/aromatic N) is 4. The van der Waals surface area contributed by atoms with Crippen molar-refractivity contribution in [2.75, 3.05) is 29.6 Å². The molecule has 3 aromatic rings. The summed E-state index contributed by atoms with van der Waals surface area (Å²) < 4.78 is 36.5. The van der Waals surface area contributed by atoms with Crippen molar-refractivity contribution in [1.29, 1.82) is 0 Å². The molecule has 0 spiro atoms. The van der Waals surface area contributed by atoms with Gasteiger partial charge in [0, 0.05) is 60.8 Å². The van der Waals surface area contributed by atoms with E-state index in [0.29, 0.717) is 65.9 Å². The van der Waals surface area contributed by atoms with Gasteiger partial charge in [-0.15, -0.1) is 11.3 Å². The Hall–Kier alpha value is -3.97. The van der Waals surface area contributed by atoms with Crippen LogP contribution in [-0.2, 0) is 19.1 Å². The van der Waals surface area contributed by atoms with Crippen LogP contribution in [0.1, 0.15) is 51.4 Å². The van der Waals surface area contributed by atoms with Crippen LogP contribution in [0.25, 0.3) is 22.4 Å². The number of carbonyl (C=O) groups excluding carboxylic acids is 2. The van der Waals surface area contributed by atoms with Crippen LogP contribution in [0.15, 0.2) is 41.9 Å². The number of anilines is 2. The number of carboxylic acid groups (broad SMARTS) is 1. The van der Waals surface area contributed by atoms with E-state index in [2.05, 4.69) is 4.98 Å². The number of ether oxygens (including phenoxy) is 2. The van der Waals surface area contributed by atoms with E-state index in [4.69, 9.17) is 14.5 Å². The van der Waals surface area contributed by atoms with Gasteiger partial charge in [-0.25, -0.2) is 9.97 Å². The first-order chi connectivity index (χ1) is 21.8. The van der Waals surface area contributed by atoms with Gasteiger partial charge in [0.25, 0.3) is 0 Å². The number of halogens is 2. The van der Waals surface area contributed by atoms with Gasteiger partial charge < -0.3 is 14.6 Å². The lowest BCUT2D eigenvalue weighted by molar-refractivity contribution is -0.141. The monoisotopic (exact) mass is 640 g/mol. The molecular formula is C32H34F2N4O6S. The van der Waals surface area contributed by atoms with E-state index in [0.717, 1.165) is 32.1 Å². The van der Waals surface area contributed by atoms with Gasteiger partial charge >= 0.3 is 12.6 Å². The second-order valence-electron chi connectivity index (χ2n) is 11.7. The van der Waals surface area contributed by atoms with Crippen LogP contribution in [-0.4, -0.2) is 65.3 Å². The molecule has 3 aliphatic rings. The highest BCUT2D eigenvalue weighted by Crippen LogP contribution is 2.41. The number of hydrogen-bond donors (Lipinski definition) is 1. The number of aromatic nitrogens is 2. The first-order valence-corrected chi connectivity index (χ1v) is 16.1. The summed E-state index contributed by atoms with van der Waals surface area (Å²) in [6.07, 6.45) is 6.26. The van der Waals surface area contributed by atoms with Gasteiger partial charge in [-0.3, -0.25) is 24.2 Å². The molecule has 1 unspecified atom stereocenters. The van der Waals surface area contributed by atoms with E-state index in [1.54, 1.807) is 33.5 Å². The standard InChI is InChI=1S/C32H34F2N4O6S/c33-31(34)44-23-6-7-24(20-3-8-27(35-17-20)37-11-1-2-28(37)39)25(16-23)26-18-45-32(36-26)38(22-4-5-22)30(42)21(15-29(40)41)14-19-9-12-43-13-10-19/h3,6-8,16-19,21-22,31H,1-2,4-5,9-15H2,(H,40,41). The zero-order valence-electron chi connectivity index (χ0n) is 24.6. The number of carbonyl (C=O) groups is 3. The summed E-state index contributed by atoms with van der Waals surface area (Å²) >= 11 is 1.25. The third-order valence-electron chi connectivity index (χ3n) is 8.48. The van der Waals surface area contributed by atoms with E-state index in [9.17, 15) is 28.3 Å². The van der Waals surface area contributed by atoms with Crippen LogP contribution in [0.2, 0.25) is 0 Å². The van der Waals surface area contributed by atoms with E-state index < -0.39 is 18.5 Å². The fourth-order valence-electron chi connectivity index (χ4n) is 6.08. The molecule has 4 heterocycles. The summed E-state index contributed by atoms with van der Waals surface area (Å²) in [6, 6.07) is 8.10. The quantitative estimate of drug-likeness (QED) is 0.256. The lowest BCUT2D eigenvalue weighted by Crippen LogP contribution is -2.40. The molecule has 2 amide bonds. The molecule has 1 atom stereocenters. The van der Waals surface area contributed by atoms with Gasteiger partial charge in [-0.2, -0.15) is 8.78 Å². The lowest BCUT2D eigenvalue weighted by Gasteiger charge is -2.29. The molecule has 6 rings (SSSR count). The molecule has 238 valence electrons. The maximum absolute atomic E-state index is 14.0. The Labute approximate surface area is 263 Å². The van der Waals surface area contributed by atoms with Gasteiger partial charge in [-0.05, 0) is 80.3 Å². The predicted octanol–water partition coefficient (Wildman–Crippen LogP) is 6.00. The topological polar surface area (TPSA) is 122 Å². The van der Waals surface area contributed by atoms with Crippen molar-refractivity contribution >= 4 is 40.1 Å². The number of rotatable bonds is 12. The molecule has 0 radical (unpaired) electrons. The van der Waals surface area contributed by atoms with E-state index in [1.165, 1.54) is 23.5 Å². The van der Waals surface area contributed by atoms with Crippen molar-refractivity contribution in [3.8, 4) is 28.1 Å². The Morgan fingerprint density at radius 1 is 1.13 bits per heavy atom. The predicted molar refractivity (Wildman–Crippen MR) is 163 cm³/mol. The largest absolute Gasteiger partial charge is 0.481 e. The second kappa shape index (κ2) is 13.6. The molecule has 13 heteroatoms. The van der Waals surface area contributed by atoms with Crippen LogP contribution in [0.5, 0.6) is 5.75 Å². The molecule has 0 bridgehead atoms. The Morgan fingerprint density at radius 2 is 1.93 bits per heavy atom. The molecule has 2 aromatic heterocycles. The maximum atomic E-state index is 14.0. The Bertz CT molecular complexity index is 1540. The van der Waals surface area contributed by atoms with Crippen LogP contribution in [0.3, 0.4) is 0 Å². The molecule has 45 heavy (non-hydrogen) atoms. The summed E-state index contributed by atoms with van der Waals surface area (Å²) in [5.41, 5.74) is 2.32. The fraction of sp³-hybridized carbons (Fsp3) is 0.469. The van der Waals surface area contributed by atoms with Crippen LogP contribution < -0.4 is 14.5 Å². The zero-order valence-corrected chi connectivity index (χ0v) is 25.4. The molecule has 10 nitrogen and oxygen atoms in total. The summed E-state index contributed by atoms with van der Waals surface area (Å²) in [7, 11) is 0. The minimum absolute atomic E-state index is 0.0209. The van der Waals surface area contributed by atoms with Gasteiger partial charge in [-0.1, -0.05) is 0 Å². The molecule has 1 N–H and O–H groups in total. The number of benzene rings is 1. The smallest absolute Gasteiger partial charge is 0.387 e.